The normalized spacial score (nSPS) is 18.7. The highest BCUT2D eigenvalue weighted by Gasteiger charge is 2.23. The number of aromatic amines is 1. The Morgan fingerprint density at radius 3 is 3.05 bits per heavy atom. The predicted molar refractivity (Wildman–Crippen MR) is 78.3 cm³/mol. The van der Waals surface area contributed by atoms with Crippen molar-refractivity contribution in [1.29, 1.82) is 0 Å². The number of nitrogens with one attached hydrogen (secondary N) is 2. The maximum absolute atomic E-state index is 5.26. The van der Waals surface area contributed by atoms with Crippen LogP contribution in [0.2, 0.25) is 0 Å². The summed E-state index contributed by atoms with van der Waals surface area (Å²) in [6.45, 7) is 1.07. The summed E-state index contributed by atoms with van der Waals surface area (Å²) in [4.78, 5) is 0. The molecule has 4 nitrogen and oxygen atoms in total. The number of benzene rings is 1. The van der Waals surface area contributed by atoms with Gasteiger partial charge >= 0.3 is 0 Å². The topological polar surface area (TPSA) is 49.9 Å². The molecule has 1 unspecified atom stereocenters. The Morgan fingerprint density at radius 2 is 2.32 bits per heavy atom. The molecule has 0 radical (unpaired) electrons. The second-order valence-corrected chi connectivity index (χ2v) is 5.47. The van der Waals surface area contributed by atoms with Gasteiger partial charge in [-0.05, 0) is 47.4 Å². The quantitative estimate of drug-likeness (QED) is 0.912. The van der Waals surface area contributed by atoms with Gasteiger partial charge in [0.1, 0.15) is 11.4 Å². The minimum Gasteiger partial charge on any atom is -0.497 e. The van der Waals surface area contributed by atoms with E-state index in [1.807, 2.05) is 24.3 Å². The summed E-state index contributed by atoms with van der Waals surface area (Å²) in [5, 5.41) is 11.1. The van der Waals surface area contributed by atoms with Crippen LogP contribution in [0.4, 0.5) is 0 Å². The maximum atomic E-state index is 5.26. The summed E-state index contributed by atoms with van der Waals surface area (Å²) in [5.41, 5.74) is 3.12. The minimum atomic E-state index is 0.376. The van der Waals surface area contributed by atoms with E-state index in [9.17, 15) is 0 Å². The Hall–Kier alpha value is -1.33. The zero-order valence-corrected chi connectivity index (χ0v) is 12.3. The molecule has 0 amide bonds. The van der Waals surface area contributed by atoms with E-state index in [4.69, 9.17) is 4.74 Å². The molecule has 1 aromatic heterocycles. The fraction of sp³-hybridized carbons (Fsp3) is 0.357. The lowest BCUT2D eigenvalue weighted by Gasteiger charge is -2.08. The first kappa shape index (κ1) is 12.7. The molecule has 1 aromatic carbocycles. The largest absolute Gasteiger partial charge is 0.497 e. The van der Waals surface area contributed by atoms with Crippen LogP contribution in [0.3, 0.4) is 0 Å². The van der Waals surface area contributed by atoms with Crippen LogP contribution in [-0.4, -0.2) is 23.9 Å². The summed E-state index contributed by atoms with van der Waals surface area (Å²) in [7, 11) is 1.67. The summed E-state index contributed by atoms with van der Waals surface area (Å²) in [6.07, 6.45) is 2.36. The molecule has 0 aliphatic carbocycles. The van der Waals surface area contributed by atoms with Crippen molar-refractivity contribution in [3.63, 3.8) is 0 Å². The molecule has 1 saturated heterocycles. The van der Waals surface area contributed by atoms with E-state index in [0.29, 0.717) is 6.04 Å². The molecule has 100 valence electrons. The average molecular weight is 322 g/mol. The molecule has 5 heteroatoms. The number of methoxy groups -OCH3 is 1. The minimum absolute atomic E-state index is 0.376. The van der Waals surface area contributed by atoms with Crippen LogP contribution < -0.4 is 10.1 Å². The standard InChI is InChI=1S/C14H16BrN3O/c1-19-10-5-2-4-9(8-10)13-12(15)14(18-17-13)11-6-3-7-16-11/h2,4-5,8,11,16H,3,6-7H2,1H3,(H,17,18). The maximum Gasteiger partial charge on any atom is 0.119 e. The number of rotatable bonds is 3. The zero-order valence-electron chi connectivity index (χ0n) is 10.7. The van der Waals surface area contributed by atoms with E-state index >= 15 is 0 Å². The molecule has 1 fully saturated rings. The van der Waals surface area contributed by atoms with Gasteiger partial charge in [-0.15, -0.1) is 0 Å². The van der Waals surface area contributed by atoms with Gasteiger partial charge in [0, 0.05) is 5.56 Å². The van der Waals surface area contributed by atoms with Crippen LogP contribution in [0.25, 0.3) is 11.3 Å². The van der Waals surface area contributed by atoms with Crippen LogP contribution in [-0.2, 0) is 0 Å². The second-order valence-electron chi connectivity index (χ2n) is 4.68. The van der Waals surface area contributed by atoms with Crippen molar-refractivity contribution in [2.24, 2.45) is 0 Å². The van der Waals surface area contributed by atoms with Gasteiger partial charge in [-0.1, -0.05) is 12.1 Å². The third-order valence-electron chi connectivity index (χ3n) is 3.48. The van der Waals surface area contributed by atoms with Gasteiger partial charge in [0.05, 0.1) is 23.3 Å². The highest BCUT2D eigenvalue weighted by Crippen LogP contribution is 2.35. The van der Waals surface area contributed by atoms with Crippen molar-refractivity contribution in [2.45, 2.75) is 18.9 Å². The number of aromatic nitrogens is 2. The van der Waals surface area contributed by atoms with Gasteiger partial charge in [-0.2, -0.15) is 5.10 Å². The van der Waals surface area contributed by atoms with Gasteiger partial charge in [0.2, 0.25) is 0 Å². The van der Waals surface area contributed by atoms with Crippen molar-refractivity contribution in [3.05, 3.63) is 34.4 Å². The first-order valence-corrected chi connectivity index (χ1v) is 7.20. The smallest absolute Gasteiger partial charge is 0.119 e. The van der Waals surface area contributed by atoms with E-state index in [1.54, 1.807) is 7.11 Å². The van der Waals surface area contributed by atoms with Crippen LogP contribution >= 0.6 is 15.9 Å². The summed E-state index contributed by atoms with van der Waals surface area (Å²) >= 11 is 3.67. The lowest BCUT2D eigenvalue weighted by Crippen LogP contribution is -2.13. The number of halogens is 1. The molecule has 3 rings (SSSR count). The van der Waals surface area contributed by atoms with Crippen molar-refractivity contribution < 1.29 is 4.74 Å². The first-order chi connectivity index (χ1) is 9.29. The lowest BCUT2D eigenvalue weighted by molar-refractivity contribution is 0.415. The van der Waals surface area contributed by atoms with E-state index in [1.165, 1.54) is 6.42 Å². The fourth-order valence-electron chi connectivity index (χ4n) is 2.47. The molecule has 1 atom stereocenters. The highest BCUT2D eigenvalue weighted by atomic mass is 79.9. The third kappa shape index (κ3) is 2.40. The molecule has 19 heavy (non-hydrogen) atoms. The number of H-pyrrole nitrogens is 1. The molecule has 0 bridgehead atoms. The predicted octanol–water partition coefficient (Wildman–Crippen LogP) is 3.27. The zero-order chi connectivity index (χ0) is 13.2. The number of hydrogen-bond acceptors (Lipinski definition) is 3. The Kier molecular flexibility index (Phi) is 3.57. The Labute approximate surface area is 120 Å². The number of nitrogens with zero attached hydrogens (tertiary/aromatic N) is 1. The van der Waals surface area contributed by atoms with Crippen molar-refractivity contribution in [1.82, 2.24) is 15.5 Å². The van der Waals surface area contributed by atoms with Crippen LogP contribution in [0.5, 0.6) is 5.75 Å². The molecule has 1 aliphatic heterocycles. The average Bonchev–Trinajstić information content (AvgIpc) is 3.08. The molecule has 2 heterocycles. The molecule has 2 aromatic rings. The first-order valence-electron chi connectivity index (χ1n) is 6.41. The Balaban J connectivity index is 1.96. The van der Waals surface area contributed by atoms with Gasteiger partial charge in [-0.25, -0.2) is 0 Å². The Bertz CT molecular complexity index is 576. The summed E-state index contributed by atoms with van der Waals surface area (Å²) in [6, 6.07) is 8.32. The van der Waals surface area contributed by atoms with Gasteiger partial charge in [0.15, 0.2) is 0 Å². The molecule has 2 N–H and O–H groups in total. The number of hydrogen-bond donors (Lipinski definition) is 2. The van der Waals surface area contributed by atoms with E-state index in [2.05, 4.69) is 31.4 Å². The molecule has 1 aliphatic rings. The summed E-state index contributed by atoms with van der Waals surface area (Å²) < 4.78 is 6.30. The monoisotopic (exact) mass is 321 g/mol. The summed E-state index contributed by atoms with van der Waals surface area (Å²) in [5.74, 6) is 0.841. The lowest BCUT2D eigenvalue weighted by atomic mass is 10.1. The Morgan fingerprint density at radius 1 is 1.42 bits per heavy atom. The molecule has 0 spiro atoms. The van der Waals surface area contributed by atoms with Crippen molar-refractivity contribution in [3.8, 4) is 17.0 Å². The van der Waals surface area contributed by atoms with Crippen LogP contribution in [0.15, 0.2) is 28.7 Å². The van der Waals surface area contributed by atoms with Gasteiger partial charge in [-0.3, -0.25) is 5.10 Å². The SMILES string of the molecule is COc1cccc(-c2n[nH]c(C3CCCN3)c2Br)c1. The molecule has 0 saturated carbocycles. The van der Waals surface area contributed by atoms with Gasteiger partial charge < -0.3 is 10.1 Å². The van der Waals surface area contributed by atoms with E-state index in [-0.39, 0.29) is 0 Å². The van der Waals surface area contributed by atoms with E-state index in [0.717, 1.165) is 40.1 Å². The second kappa shape index (κ2) is 5.35. The third-order valence-corrected chi connectivity index (χ3v) is 4.29. The van der Waals surface area contributed by atoms with Crippen molar-refractivity contribution >= 4 is 15.9 Å². The van der Waals surface area contributed by atoms with Crippen LogP contribution in [0.1, 0.15) is 24.6 Å². The number of ether oxygens (including phenoxy) is 1. The van der Waals surface area contributed by atoms with Gasteiger partial charge in [0.25, 0.3) is 0 Å². The molecular formula is C14H16BrN3O. The fourth-order valence-corrected chi connectivity index (χ4v) is 3.15. The van der Waals surface area contributed by atoms with E-state index < -0.39 is 0 Å². The van der Waals surface area contributed by atoms with Crippen molar-refractivity contribution in [2.75, 3.05) is 13.7 Å². The molecular weight excluding hydrogens is 306 g/mol. The highest BCUT2D eigenvalue weighted by molar-refractivity contribution is 9.10. The van der Waals surface area contributed by atoms with Crippen LogP contribution in [0, 0.1) is 0 Å².